The summed E-state index contributed by atoms with van der Waals surface area (Å²) >= 11 is 0. The van der Waals surface area contributed by atoms with Crippen molar-refractivity contribution in [2.24, 2.45) is 5.92 Å². The Morgan fingerprint density at radius 1 is 1.33 bits per heavy atom. The van der Waals surface area contributed by atoms with Crippen LogP contribution in [0, 0.1) is 5.92 Å². The lowest BCUT2D eigenvalue weighted by Gasteiger charge is -2.14. The highest BCUT2D eigenvalue weighted by atomic mass is 19.4. The van der Waals surface area contributed by atoms with Gasteiger partial charge in [-0.1, -0.05) is 19.1 Å². The van der Waals surface area contributed by atoms with E-state index in [0.29, 0.717) is 6.54 Å². The fraction of sp³-hybridized carbons (Fsp3) is 0.538. The quantitative estimate of drug-likeness (QED) is 0.850. The van der Waals surface area contributed by atoms with Crippen molar-refractivity contribution < 1.29 is 17.9 Å². The normalized spacial score (nSPS) is 13.4. The Morgan fingerprint density at radius 3 is 2.67 bits per heavy atom. The molecule has 5 heteroatoms. The molecule has 0 saturated carbocycles. The minimum atomic E-state index is -4.14. The number of rotatable bonds is 6. The van der Waals surface area contributed by atoms with E-state index < -0.39 is 12.7 Å². The van der Waals surface area contributed by atoms with E-state index in [1.54, 1.807) is 7.11 Å². The van der Waals surface area contributed by atoms with E-state index in [9.17, 15) is 13.2 Å². The molecule has 0 radical (unpaired) electrons. The van der Waals surface area contributed by atoms with Gasteiger partial charge < -0.3 is 10.1 Å². The number of hydrogen-bond acceptors (Lipinski definition) is 2. The predicted octanol–water partition coefficient (Wildman–Crippen LogP) is 3.03. The van der Waals surface area contributed by atoms with Crippen LogP contribution < -0.4 is 10.1 Å². The second kappa shape index (κ2) is 6.64. The van der Waals surface area contributed by atoms with Gasteiger partial charge in [0.2, 0.25) is 0 Å². The first-order chi connectivity index (χ1) is 8.40. The van der Waals surface area contributed by atoms with Gasteiger partial charge in [-0.15, -0.1) is 0 Å². The van der Waals surface area contributed by atoms with Crippen LogP contribution in [0.3, 0.4) is 0 Å². The molecule has 0 bridgehead atoms. The Balaban J connectivity index is 2.37. The molecule has 1 atom stereocenters. The van der Waals surface area contributed by atoms with Crippen LogP contribution in [0.15, 0.2) is 24.3 Å². The second-order valence-electron chi connectivity index (χ2n) is 4.41. The van der Waals surface area contributed by atoms with Gasteiger partial charge in [0.1, 0.15) is 5.75 Å². The van der Waals surface area contributed by atoms with Crippen LogP contribution in [-0.2, 0) is 6.42 Å². The molecule has 0 spiro atoms. The fourth-order valence-corrected chi connectivity index (χ4v) is 1.73. The number of benzene rings is 1. The molecule has 0 saturated heterocycles. The van der Waals surface area contributed by atoms with Crippen LogP contribution in [0.4, 0.5) is 13.2 Å². The number of halogens is 3. The van der Waals surface area contributed by atoms with Crippen LogP contribution in [0.25, 0.3) is 0 Å². The molecule has 0 aromatic heterocycles. The molecule has 1 aromatic carbocycles. The molecule has 0 fully saturated rings. The molecule has 0 heterocycles. The van der Waals surface area contributed by atoms with Crippen molar-refractivity contribution in [2.75, 3.05) is 20.2 Å². The lowest BCUT2D eigenvalue weighted by Crippen LogP contribution is -2.32. The average molecular weight is 261 g/mol. The summed E-state index contributed by atoms with van der Waals surface area (Å²) in [6.45, 7) is 1.33. The van der Waals surface area contributed by atoms with E-state index in [-0.39, 0.29) is 5.92 Å². The number of nitrogens with one attached hydrogen (secondary N) is 1. The van der Waals surface area contributed by atoms with Gasteiger partial charge in [0, 0.05) is 0 Å². The summed E-state index contributed by atoms with van der Waals surface area (Å²) in [5.74, 6) is 0.905. The van der Waals surface area contributed by atoms with Gasteiger partial charge in [-0.05, 0) is 36.6 Å². The maximum Gasteiger partial charge on any atom is 0.401 e. The first-order valence-electron chi connectivity index (χ1n) is 5.81. The van der Waals surface area contributed by atoms with Gasteiger partial charge in [0.25, 0.3) is 0 Å². The zero-order chi connectivity index (χ0) is 13.6. The standard InChI is InChI=1S/C13H18F3NO/c1-10(8-17-9-13(14,15)16)6-11-4-3-5-12(7-11)18-2/h3-5,7,10,17H,6,8-9H2,1-2H3. The Labute approximate surface area is 105 Å². The van der Waals surface area contributed by atoms with E-state index in [4.69, 9.17) is 4.74 Å². The summed E-state index contributed by atoms with van der Waals surface area (Å²) in [5, 5.41) is 2.42. The Bertz CT molecular complexity index is 365. The van der Waals surface area contributed by atoms with Crippen molar-refractivity contribution in [1.29, 1.82) is 0 Å². The SMILES string of the molecule is COc1cccc(CC(C)CNCC(F)(F)F)c1. The van der Waals surface area contributed by atoms with Gasteiger partial charge in [-0.2, -0.15) is 13.2 Å². The van der Waals surface area contributed by atoms with Crippen LogP contribution in [0.2, 0.25) is 0 Å². The fourth-order valence-electron chi connectivity index (χ4n) is 1.73. The summed E-state index contributed by atoms with van der Waals surface area (Å²) in [6, 6.07) is 7.57. The maximum atomic E-state index is 12.0. The highest BCUT2D eigenvalue weighted by molar-refractivity contribution is 5.28. The molecular weight excluding hydrogens is 243 g/mol. The van der Waals surface area contributed by atoms with E-state index in [1.807, 2.05) is 31.2 Å². The molecule has 0 aliphatic rings. The van der Waals surface area contributed by atoms with Crippen LogP contribution in [0.5, 0.6) is 5.75 Å². The van der Waals surface area contributed by atoms with Crippen LogP contribution in [0.1, 0.15) is 12.5 Å². The molecule has 1 N–H and O–H groups in total. The minimum absolute atomic E-state index is 0.138. The predicted molar refractivity (Wildman–Crippen MR) is 64.8 cm³/mol. The lowest BCUT2D eigenvalue weighted by atomic mass is 10.0. The molecule has 2 nitrogen and oxygen atoms in total. The molecule has 1 rings (SSSR count). The third kappa shape index (κ3) is 5.91. The Kier molecular flexibility index (Phi) is 5.47. The van der Waals surface area contributed by atoms with Gasteiger partial charge in [-0.25, -0.2) is 0 Å². The van der Waals surface area contributed by atoms with E-state index in [1.165, 1.54) is 0 Å². The molecule has 18 heavy (non-hydrogen) atoms. The first kappa shape index (κ1) is 14.8. The summed E-state index contributed by atoms with van der Waals surface area (Å²) in [4.78, 5) is 0. The number of hydrogen-bond donors (Lipinski definition) is 1. The number of ether oxygens (including phenoxy) is 1. The molecule has 0 amide bonds. The van der Waals surface area contributed by atoms with Crippen LogP contribution in [-0.4, -0.2) is 26.4 Å². The topological polar surface area (TPSA) is 21.3 Å². The third-order valence-corrected chi connectivity index (χ3v) is 2.54. The zero-order valence-electron chi connectivity index (χ0n) is 10.6. The van der Waals surface area contributed by atoms with Crippen LogP contribution >= 0.6 is 0 Å². The summed E-state index contributed by atoms with van der Waals surface area (Å²) in [5.41, 5.74) is 1.07. The second-order valence-corrected chi connectivity index (χ2v) is 4.41. The van der Waals surface area contributed by atoms with Crippen molar-refractivity contribution >= 4 is 0 Å². The third-order valence-electron chi connectivity index (χ3n) is 2.54. The highest BCUT2D eigenvalue weighted by Crippen LogP contribution is 2.16. The van der Waals surface area contributed by atoms with E-state index >= 15 is 0 Å². The van der Waals surface area contributed by atoms with Gasteiger partial charge in [0.05, 0.1) is 13.7 Å². The number of alkyl halides is 3. The van der Waals surface area contributed by atoms with Gasteiger partial charge >= 0.3 is 6.18 Å². The molecule has 1 unspecified atom stereocenters. The van der Waals surface area contributed by atoms with Gasteiger partial charge in [-0.3, -0.25) is 0 Å². The van der Waals surface area contributed by atoms with E-state index in [0.717, 1.165) is 17.7 Å². The average Bonchev–Trinajstić information content (AvgIpc) is 2.27. The molecular formula is C13H18F3NO. The van der Waals surface area contributed by atoms with Crippen molar-refractivity contribution in [3.63, 3.8) is 0 Å². The van der Waals surface area contributed by atoms with Crippen molar-refractivity contribution in [2.45, 2.75) is 19.5 Å². The Hall–Kier alpha value is -1.23. The molecule has 0 aliphatic heterocycles. The van der Waals surface area contributed by atoms with Gasteiger partial charge in [0.15, 0.2) is 0 Å². The number of methoxy groups -OCH3 is 1. The summed E-state index contributed by atoms with van der Waals surface area (Å²) in [6.07, 6.45) is -3.42. The smallest absolute Gasteiger partial charge is 0.401 e. The zero-order valence-corrected chi connectivity index (χ0v) is 10.6. The van der Waals surface area contributed by atoms with Crippen molar-refractivity contribution in [3.05, 3.63) is 29.8 Å². The Morgan fingerprint density at radius 2 is 2.06 bits per heavy atom. The summed E-state index contributed by atoms with van der Waals surface area (Å²) < 4.78 is 41.0. The molecule has 102 valence electrons. The monoisotopic (exact) mass is 261 g/mol. The maximum absolute atomic E-state index is 12.0. The lowest BCUT2D eigenvalue weighted by molar-refractivity contribution is -0.125. The minimum Gasteiger partial charge on any atom is -0.497 e. The molecule has 0 aliphatic carbocycles. The van der Waals surface area contributed by atoms with E-state index in [2.05, 4.69) is 5.32 Å². The van der Waals surface area contributed by atoms with Crippen molar-refractivity contribution in [3.8, 4) is 5.75 Å². The summed E-state index contributed by atoms with van der Waals surface area (Å²) in [7, 11) is 1.59. The highest BCUT2D eigenvalue weighted by Gasteiger charge is 2.26. The largest absolute Gasteiger partial charge is 0.497 e. The van der Waals surface area contributed by atoms with Crippen molar-refractivity contribution in [1.82, 2.24) is 5.32 Å². The molecule has 1 aromatic rings. The first-order valence-corrected chi connectivity index (χ1v) is 5.81.